The van der Waals surface area contributed by atoms with Gasteiger partial charge in [0.25, 0.3) is 0 Å². The molecule has 2 aromatic rings. The number of benzene rings is 2. The van der Waals surface area contributed by atoms with Crippen molar-refractivity contribution in [3.05, 3.63) is 70.3 Å². The molecule has 0 radical (unpaired) electrons. The Morgan fingerprint density at radius 2 is 1.81 bits per heavy atom. The van der Waals surface area contributed by atoms with Crippen LogP contribution in [-0.2, 0) is 12.8 Å². The van der Waals surface area contributed by atoms with Crippen LogP contribution >= 0.6 is 0 Å². The van der Waals surface area contributed by atoms with E-state index in [1.165, 1.54) is 36.0 Å². The molecule has 1 aliphatic rings. The van der Waals surface area contributed by atoms with Crippen molar-refractivity contribution in [2.24, 2.45) is 0 Å². The van der Waals surface area contributed by atoms with Gasteiger partial charge in [-0.15, -0.1) is 0 Å². The van der Waals surface area contributed by atoms with Gasteiger partial charge in [-0.2, -0.15) is 0 Å². The highest BCUT2D eigenvalue weighted by Crippen LogP contribution is 2.28. The van der Waals surface area contributed by atoms with E-state index in [1.54, 1.807) is 11.1 Å². The molecule has 1 aliphatic carbocycles. The van der Waals surface area contributed by atoms with Gasteiger partial charge in [0.15, 0.2) is 0 Å². The molecule has 1 unspecified atom stereocenters. The summed E-state index contributed by atoms with van der Waals surface area (Å²) in [5.41, 5.74) is 7.23. The van der Waals surface area contributed by atoms with Crippen molar-refractivity contribution in [2.75, 3.05) is 6.54 Å². The van der Waals surface area contributed by atoms with Crippen LogP contribution < -0.4 is 5.32 Å². The molecule has 0 saturated heterocycles. The summed E-state index contributed by atoms with van der Waals surface area (Å²) in [5.74, 6) is 0. The summed E-state index contributed by atoms with van der Waals surface area (Å²) in [4.78, 5) is 0. The van der Waals surface area contributed by atoms with Crippen molar-refractivity contribution in [1.82, 2.24) is 5.32 Å². The molecule has 2 aromatic carbocycles. The molecule has 0 aromatic heterocycles. The largest absolute Gasteiger partial charge is 0.306 e. The van der Waals surface area contributed by atoms with Crippen LogP contribution in [0.2, 0.25) is 0 Å². The van der Waals surface area contributed by atoms with Gasteiger partial charge in [0.1, 0.15) is 0 Å². The fourth-order valence-corrected chi connectivity index (χ4v) is 3.34. The van der Waals surface area contributed by atoms with Gasteiger partial charge in [-0.05, 0) is 61.4 Å². The SMILES string of the molecule is CCCNC(c1cccc(C)c1)c1ccc2c(c1)CCC2. The minimum Gasteiger partial charge on any atom is -0.306 e. The first kappa shape index (κ1) is 14.3. The summed E-state index contributed by atoms with van der Waals surface area (Å²) in [5, 5.41) is 3.72. The van der Waals surface area contributed by atoms with E-state index in [0.29, 0.717) is 6.04 Å². The Labute approximate surface area is 128 Å². The third-order valence-electron chi connectivity index (χ3n) is 4.43. The normalized spacial score (nSPS) is 15.0. The van der Waals surface area contributed by atoms with E-state index in [0.717, 1.165) is 13.0 Å². The molecule has 1 heteroatoms. The van der Waals surface area contributed by atoms with Crippen molar-refractivity contribution in [3.8, 4) is 0 Å². The highest BCUT2D eigenvalue weighted by Gasteiger charge is 2.17. The van der Waals surface area contributed by atoms with Gasteiger partial charge in [0.2, 0.25) is 0 Å². The molecule has 0 spiro atoms. The summed E-state index contributed by atoms with van der Waals surface area (Å²) in [6, 6.07) is 16.3. The van der Waals surface area contributed by atoms with E-state index in [9.17, 15) is 0 Å². The Kier molecular flexibility index (Phi) is 4.40. The summed E-state index contributed by atoms with van der Waals surface area (Å²) < 4.78 is 0. The molecule has 3 rings (SSSR count). The Hall–Kier alpha value is -1.60. The van der Waals surface area contributed by atoms with Crippen LogP contribution in [-0.4, -0.2) is 6.54 Å². The maximum atomic E-state index is 3.72. The molecule has 21 heavy (non-hydrogen) atoms. The molecule has 0 saturated carbocycles. The number of aryl methyl sites for hydroxylation is 3. The molecule has 110 valence electrons. The standard InChI is InChI=1S/C20H25N/c1-3-12-21-20(18-9-4-6-15(2)13-18)19-11-10-16-7-5-8-17(16)14-19/h4,6,9-11,13-14,20-21H,3,5,7-8,12H2,1-2H3. The molecular weight excluding hydrogens is 254 g/mol. The molecular formula is C20H25N. The zero-order chi connectivity index (χ0) is 14.7. The van der Waals surface area contributed by atoms with E-state index in [4.69, 9.17) is 0 Å². The highest BCUT2D eigenvalue weighted by molar-refractivity contribution is 5.40. The lowest BCUT2D eigenvalue weighted by Crippen LogP contribution is -2.23. The fraction of sp³-hybridized carbons (Fsp3) is 0.400. The zero-order valence-corrected chi connectivity index (χ0v) is 13.2. The molecule has 0 amide bonds. The summed E-state index contributed by atoms with van der Waals surface area (Å²) in [6.07, 6.45) is 4.98. The first-order valence-electron chi connectivity index (χ1n) is 8.19. The monoisotopic (exact) mass is 279 g/mol. The third kappa shape index (κ3) is 3.19. The Bertz CT molecular complexity index is 615. The predicted octanol–water partition coefficient (Wildman–Crippen LogP) is 4.57. The molecule has 0 aliphatic heterocycles. The van der Waals surface area contributed by atoms with Gasteiger partial charge in [-0.25, -0.2) is 0 Å². The Morgan fingerprint density at radius 3 is 2.62 bits per heavy atom. The van der Waals surface area contributed by atoms with Crippen molar-refractivity contribution in [2.45, 2.75) is 45.6 Å². The van der Waals surface area contributed by atoms with Gasteiger partial charge in [0, 0.05) is 0 Å². The maximum absolute atomic E-state index is 3.72. The van der Waals surface area contributed by atoms with Crippen molar-refractivity contribution in [3.63, 3.8) is 0 Å². The van der Waals surface area contributed by atoms with E-state index >= 15 is 0 Å². The summed E-state index contributed by atoms with van der Waals surface area (Å²) in [6.45, 7) is 5.45. The van der Waals surface area contributed by atoms with Crippen LogP contribution in [0.15, 0.2) is 42.5 Å². The second-order valence-corrected chi connectivity index (χ2v) is 6.18. The van der Waals surface area contributed by atoms with Gasteiger partial charge in [0.05, 0.1) is 6.04 Å². The minimum absolute atomic E-state index is 0.316. The lowest BCUT2D eigenvalue weighted by Gasteiger charge is -2.21. The minimum atomic E-state index is 0.316. The summed E-state index contributed by atoms with van der Waals surface area (Å²) in [7, 11) is 0. The van der Waals surface area contributed by atoms with Crippen molar-refractivity contribution in [1.29, 1.82) is 0 Å². The van der Waals surface area contributed by atoms with Crippen LogP contribution in [0.4, 0.5) is 0 Å². The maximum Gasteiger partial charge on any atom is 0.0576 e. The van der Waals surface area contributed by atoms with Crippen LogP contribution in [0.3, 0.4) is 0 Å². The highest BCUT2D eigenvalue weighted by atomic mass is 14.9. The molecule has 1 nitrogen and oxygen atoms in total. The van der Waals surface area contributed by atoms with Gasteiger partial charge in [-0.1, -0.05) is 55.0 Å². The quantitative estimate of drug-likeness (QED) is 0.845. The number of rotatable bonds is 5. The summed E-state index contributed by atoms with van der Waals surface area (Å²) >= 11 is 0. The number of nitrogens with one attached hydrogen (secondary N) is 1. The number of hydrogen-bond acceptors (Lipinski definition) is 1. The third-order valence-corrected chi connectivity index (χ3v) is 4.43. The van der Waals surface area contributed by atoms with Gasteiger partial charge >= 0.3 is 0 Å². The smallest absolute Gasteiger partial charge is 0.0576 e. The zero-order valence-electron chi connectivity index (χ0n) is 13.2. The molecule has 1 N–H and O–H groups in total. The lowest BCUT2D eigenvalue weighted by molar-refractivity contribution is 0.598. The number of fused-ring (bicyclic) bond motifs is 1. The van der Waals surface area contributed by atoms with Crippen LogP contribution in [0, 0.1) is 6.92 Å². The fourth-order valence-electron chi connectivity index (χ4n) is 3.34. The topological polar surface area (TPSA) is 12.0 Å². The van der Waals surface area contributed by atoms with Gasteiger partial charge < -0.3 is 5.32 Å². The molecule has 0 heterocycles. The van der Waals surface area contributed by atoms with E-state index in [-0.39, 0.29) is 0 Å². The van der Waals surface area contributed by atoms with Crippen LogP contribution in [0.1, 0.15) is 53.6 Å². The first-order valence-corrected chi connectivity index (χ1v) is 8.19. The second-order valence-electron chi connectivity index (χ2n) is 6.18. The average molecular weight is 279 g/mol. The van der Waals surface area contributed by atoms with E-state index in [2.05, 4.69) is 61.6 Å². The van der Waals surface area contributed by atoms with Crippen molar-refractivity contribution >= 4 is 0 Å². The first-order chi connectivity index (χ1) is 10.3. The van der Waals surface area contributed by atoms with E-state index in [1.807, 2.05) is 0 Å². The number of hydrogen-bond donors (Lipinski definition) is 1. The lowest BCUT2D eigenvalue weighted by atomic mass is 9.94. The Balaban J connectivity index is 1.95. The average Bonchev–Trinajstić information content (AvgIpc) is 2.95. The van der Waals surface area contributed by atoms with Crippen LogP contribution in [0.5, 0.6) is 0 Å². The predicted molar refractivity (Wildman–Crippen MR) is 89.8 cm³/mol. The molecule has 0 fully saturated rings. The van der Waals surface area contributed by atoms with E-state index < -0.39 is 0 Å². The molecule has 1 atom stereocenters. The van der Waals surface area contributed by atoms with Gasteiger partial charge in [-0.3, -0.25) is 0 Å². The second kappa shape index (κ2) is 6.44. The Morgan fingerprint density at radius 1 is 1.00 bits per heavy atom. The van der Waals surface area contributed by atoms with Crippen molar-refractivity contribution < 1.29 is 0 Å². The molecule has 0 bridgehead atoms. The van der Waals surface area contributed by atoms with Crippen LogP contribution in [0.25, 0.3) is 0 Å².